The average molecular weight is 276 g/mol. The largest absolute Gasteiger partial charge is 0.496 e. The van der Waals surface area contributed by atoms with Crippen LogP contribution in [0.5, 0.6) is 5.75 Å². The Bertz CT molecular complexity index is 439. The second-order valence-electron chi connectivity index (χ2n) is 6.13. The molecule has 1 aliphatic rings. The van der Waals surface area contributed by atoms with Crippen LogP contribution in [0.4, 0.5) is 0 Å². The summed E-state index contributed by atoms with van der Waals surface area (Å²) in [5.41, 5.74) is 6.74. The lowest BCUT2D eigenvalue weighted by atomic mass is 9.92. The predicted molar refractivity (Wildman–Crippen MR) is 83.7 cm³/mol. The van der Waals surface area contributed by atoms with Crippen molar-refractivity contribution in [3.05, 3.63) is 28.8 Å². The number of benzene rings is 1. The molecule has 0 saturated heterocycles. The first-order chi connectivity index (χ1) is 9.65. The number of hydrazine groups is 1. The first kappa shape index (κ1) is 15.3. The molecule has 1 fully saturated rings. The number of hydrogen-bond acceptors (Lipinski definition) is 3. The van der Waals surface area contributed by atoms with Gasteiger partial charge in [0.25, 0.3) is 0 Å². The summed E-state index contributed by atoms with van der Waals surface area (Å²) in [6.07, 6.45) is 8.01. The van der Waals surface area contributed by atoms with E-state index in [0.717, 1.165) is 18.1 Å². The molecule has 1 aliphatic carbocycles. The molecular formula is C17H28N2O. The van der Waals surface area contributed by atoms with Crippen molar-refractivity contribution in [2.75, 3.05) is 7.11 Å². The van der Waals surface area contributed by atoms with Crippen LogP contribution in [0.15, 0.2) is 12.1 Å². The predicted octanol–water partition coefficient (Wildman–Crippen LogP) is 3.79. The minimum Gasteiger partial charge on any atom is -0.496 e. The first-order valence-electron chi connectivity index (χ1n) is 7.77. The molecule has 3 N–H and O–H groups in total. The van der Waals surface area contributed by atoms with Crippen LogP contribution in [-0.2, 0) is 0 Å². The van der Waals surface area contributed by atoms with E-state index >= 15 is 0 Å². The molecule has 20 heavy (non-hydrogen) atoms. The molecule has 2 rings (SSSR count). The molecule has 112 valence electrons. The van der Waals surface area contributed by atoms with E-state index in [-0.39, 0.29) is 6.04 Å². The summed E-state index contributed by atoms with van der Waals surface area (Å²) < 4.78 is 5.38. The molecule has 0 spiro atoms. The summed E-state index contributed by atoms with van der Waals surface area (Å²) in [6, 6.07) is 4.58. The van der Waals surface area contributed by atoms with Crippen LogP contribution in [0.1, 0.15) is 61.3 Å². The van der Waals surface area contributed by atoms with E-state index in [9.17, 15) is 0 Å². The molecule has 1 atom stereocenters. The Hall–Kier alpha value is -1.06. The highest BCUT2D eigenvalue weighted by Crippen LogP contribution is 2.33. The van der Waals surface area contributed by atoms with Crippen LogP contribution >= 0.6 is 0 Å². The van der Waals surface area contributed by atoms with E-state index in [1.165, 1.54) is 48.8 Å². The quantitative estimate of drug-likeness (QED) is 0.614. The number of hydrogen-bond donors (Lipinski definition) is 2. The van der Waals surface area contributed by atoms with Crippen LogP contribution in [0.25, 0.3) is 0 Å². The Morgan fingerprint density at radius 1 is 1.25 bits per heavy atom. The third-order valence-electron chi connectivity index (χ3n) is 4.70. The SMILES string of the molecule is COc1cc(C)c(C(CCC2CCCC2)NN)cc1C. The van der Waals surface area contributed by atoms with E-state index < -0.39 is 0 Å². The van der Waals surface area contributed by atoms with E-state index in [0.29, 0.717) is 0 Å². The van der Waals surface area contributed by atoms with Crippen molar-refractivity contribution in [1.82, 2.24) is 5.43 Å². The Morgan fingerprint density at radius 2 is 1.95 bits per heavy atom. The molecule has 0 heterocycles. The van der Waals surface area contributed by atoms with Gasteiger partial charge in [-0.3, -0.25) is 11.3 Å². The summed E-state index contributed by atoms with van der Waals surface area (Å²) >= 11 is 0. The molecule has 0 aliphatic heterocycles. The summed E-state index contributed by atoms with van der Waals surface area (Å²) in [5, 5.41) is 0. The van der Waals surface area contributed by atoms with Crippen molar-refractivity contribution in [3.8, 4) is 5.75 Å². The summed E-state index contributed by atoms with van der Waals surface area (Å²) in [4.78, 5) is 0. The Morgan fingerprint density at radius 3 is 2.55 bits per heavy atom. The van der Waals surface area contributed by atoms with Crippen LogP contribution < -0.4 is 16.0 Å². The van der Waals surface area contributed by atoms with Gasteiger partial charge in [0.05, 0.1) is 7.11 Å². The zero-order valence-corrected chi connectivity index (χ0v) is 13.0. The third kappa shape index (κ3) is 3.53. The van der Waals surface area contributed by atoms with Crippen molar-refractivity contribution in [1.29, 1.82) is 0 Å². The zero-order chi connectivity index (χ0) is 14.5. The Balaban J connectivity index is 2.07. The first-order valence-corrected chi connectivity index (χ1v) is 7.77. The van der Waals surface area contributed by atoms with Crippen LogP contribution in [0.3, 0.4) is 0 Å². The molecule has 0 bridgehead atoms. The molecule has 1 aromatic rings. The molecule has 0 aromatic heterocycles. The maximum Gasteiger partial charge on any atom is 0.122 e. The van der Waals surface area contributed by atoms with E-state index in [4.69, 9.17) is 10.6 Å². The molecule has 0 radical (unpaired) electrons. The summed E-state index contributed by atoms with van der Waals surface area (Å²) in [7, 11) is 1.72. The lowest BCUT2D eigenvalue weighted by molar-refractivity contribution is 0.406. The van der Waals surface area contributed by atoms with Crippen molar-refractivity contribution >= 4 is 0 Å². The second-order valence-corrected chi connectivity index (χ2v) is 6.13. The van der Waals surface area contributed by atoms with Crippen molar-refractivity contribution in [3.63, 3.8) is 0 Å². The second kappa shape index (κ2) is 7.09. The highest BCUT2D eigenvalue weighted by Gasteiger charge is 2.19. The lowest BCUT2D eigenvalue weighted by Gasteiger charge is -2.21. The van der Waals surface area contributed by atoms with Crippen molar-refractivity contribution < 1.29 is 4.74 Å². The molecule has 3 nitrogen and oxygen atoms in total. The molecular weight excluding hydrogens is 248 g/mol. The number of ether oxygens (including phenoxy) is 1. The monoisotopic (exact) mass is 276 g/mol. The van der Waals surface area contributed by atoms with Gasteiger partial charge in [-0.05, 0) is 55.4 Å². The topological polar surface area (TPSA) is 47.3 Å². The highest BCUT2D eigenvalue weighted by atomic mass is 16.5. The number of rotatable bonds is 6. The average Bonchev–Trinajstić information content (AvgIpc) is 2.96. The van der Waals surface area contributed by atoms with Gasteiger partial charge in [-0.15, -0.1) is 0 Å². The molecule has 3 heteroatoms. The fourth-order valence-electron chi connectivity index (χ4n) is 3.44. The standard InChI is InChI=1S/C17H28N2O/c1-12-11-17(20-3)13(2)10-15(12)16(19-18)9-8-14-6-4-5-7-14/h10-11,14,16,19H,4-9,18H2,1-3H3. The van der Waals surface area contributed by atoms with Gasteiger partial charge in [0.15, 0.2) is 0 Å². The van der Waals surface area contributed by atoms with Gasteiger partial charge in [0.2, 0.25) is 0 Å². The summed E-state index contributed by atoms with van der Waals surface area (Å²) in [6.45, 7) is 4.23. The Kier molecular flexibility index (Phi) is 5.44. The van der Waals surface area contributed by atoms with E-state index in [1.54, 1.807) is 7.11 Å². The normalized spacial score (nSPS) is 17.4. The number of aryl methyl sites for hydroxylation is 2. The number of nitrogens with two attached hydrogens (primary N) is 1. The van der Waals surface area contributed by atoms with Crippen molar-refractivity contribution in [2.24, 2.45) is 11.8 Å². The maximum atomic E-state index is 5.80. The molecule has 1 aromatic carbocycles. The Labute approximate surface area is 122 Å². The van der Waals surface area contributed by atoms with Gasteiger partial charge in [0.1, 0.15) is 5.75 Å². The van der Waals surface area contributed by atoms with Gasteiger partial charge in [-0.2, -0.15) is 0 Å². The van der Waals surface area contributed by atoms with Crippen LogP contribution in [-0.4, -0.2) is 7.11 Å². The molecule has 1 saturated carbocycles. The van der Waals surface area contributed by atoms with E-state index in [2.05, 4.69) is 31.4 Å². The van der Waals surface area contributed by atoms with Crippen LogP contribution in [0.2, 0.25) is 0 Å². The minimum absolute atomic E-state index is 0.250. The minimum atomic E-state index is 0.250. The molecule has 0 amide bonds. The summed E-state index contributed by atoms with van der Waals surface area (Å²) in [5.74, 6) is 7.66. The fourth-order valence-corrected chi connectivity index (χ4v) is 3.44. The van der Waals surface area contributed by atoms with Gasteiger partial charge in [-0.1, -0.05) is 31.7 Å². The van der Waals surface area contributed by atoms with Gasteiger partial charge < -0.3 is 4.74 Å². The smallest absolute Gasteiger partial charge is 0.122 e. The third-order valence-corrected chi connectivity index (χ3v) is 4.70. The maximum absolute atomic E-state index is 5.80. The molecule has 1 unspecified atom stereocenters. The number of nitrogens with one attached hydrogen (secondary N) is 1. The number of methoxy groups -OCH3 is 1. The van der Waals surface area contributed by atoms with Gasteiger partial charge in [-0.25, -0.2) is 0 Å². The van der Waals surface area contributed by atoms with Gasteiger partial charge >= 0.3 is 0 Å². The van der Waals surface area contributed by atoms with Crippen LogP contribution in [0, 0.1) is 19.8 Å². The van der Waals surface area contributed by atoms with Crippen molar-refractivity contribution in [2.45, 2.75) is 58.4 Å². The van der Waals surface area contributed by atoms with E-state index in [1.807, 2.05) is 0 Å². The highest BCUT2D eigenvalue weighted by molar-refractivity contribution is 5.42. The fraction of sp³-hybridized carbons (Fsp3) is 0.647. The lowest BCUT2D eigenvalue weighted by Crippen LogP contribution is -2.29. The van der Waals surface area contributed by atoms with Gasteiger partial charge in [0, 0.05) is 6.04 Å². The zero-order valence-electron chi connectivity index (χ0n) is 13.0.